The van der Waals surface area contributed by atoms with Crippen LogP contribution in [-0.2, 0) is 9.59 Å². The molecule has 5 nitrogen and oxygen atoms in total. The fourth-order valence-electron chi connectivity index (χ4n) is 5.30. The number of amides is 2. The number of Topliss-reactive ketones (excluding diaryl/α,β-unsaturated/α-hetero) is 1. The highest BCUT2D eigenvalue weighted by Gasteiger charge is 2.34. The molecule has 1 N–H and O–H groups in total. The molecule has 2 atom stereocenters. The molecule has 2 amide bonds. The van der Waals surface area contributed by atoms with E-state index >= 15 is 4.39 Å². The molecule has 33 heavy (non-hydrogen) atoms. The molecule has 6 heteroatoms. The van der Waals surface area contributed by atoms with Gasteiger partial charge in [-0.25, -0.2) is 4.39 Å². The maximum absolute atomic E-state index is 15.6. The van der Waals surface area contributed by atoms with E-state index in [1.165, 1.54) is 6.07 Å². The smallest absolute Gasteiger partial charge is 0.254 e. The first kappa shape index (κ1) is 25.4. The van der Waals surface area contributed by atoms with E-state index in [0.29, 0.717) is 25.1 Å². The second-order valence-corrected chi connectivity index (χ2v) is 10.7. The lowest BCUT2D eigenvalue weighted by atomic mass is 9.81. The number of hydrogen-bond donors (Lipinski definition) is 1. The largest absolute Gasteiger partial charge is 0.342 e. The summed E-state index contributed by atoms with van der Waals surface area (Å²) in [5.74, 6) is -1.01. The monoisotopic (exact) mass is 458 g/mol. The van der Waals surface area contributed by atoms with E-state index < -0.39 is 23.2 Å². The van der Waals surface area contributed by atoms with Crippen molar-refractivity contribution >= 4 is 17.6 Å². The van der Waals surface area contributed by atoms with Crippen molar-refractivity contribution < 1.29 is 18.8 Å². The molecule has 182 valence electrons. The minimum absolute atomic E-state index is 0.00966. The van der Waals surface area contributed by atoms with Crippen LogP contribution in [0.1, 0.15) is 101 Å². The highest BCUT2D eigenvalue weighted by molar-refractivity contribution is 5.98. The van der Waals surface area contributed by atoms with E-state index in [2.05, 4.69) is 5.32 Å². The van der Waals surface area contributed by atoms with Gasteiger partial charge in [-0.15, -0.1) is 0 Å². The van der Waals surface area contributed by atoms with Crippen LogP contribution in [0.5, 0.6) is 0 Å². The van der Waals surface area contributed by atoms with Crippen molar-refractivity contribution in [2.75, 3.05) is 13.1 Å². The van der Waals surface area contributed by atoms with Gasteiger partial charge in [0.15, 0.2) is 5.78 Å². The number of hydrogen-bond acceptors (Lipinski definition) is 3. The molecule has 1 saturated heterocycles. The molecule has 0 unspecified atom stereocenters. The fraction of sp³-hybridized carbons (Fsp3) is 0.667. The molecule has 2 fully saturated rings. The summed E-state index contributed by atoms with van der Waals surface area (Å²) in [6.45, 7) is 8.62. The lowest BCUT2D eigenvalue weighted by molar-refractivity contribution is -0.140. The van der Waals surface area contributed by atoms with Gasteiger partial charge in [0.05, 0.1) is 11.6 Å². The van der Waals surface area contributed by atoms with Gasteiger partial charge in [-0.05, 0) is 43.2 Å². The lowest BCUT2D eigenvalue weighted by Crippen LogP contribution is -2.46. The Hall–Kier alpha value is -2.24. The van der Waals surface area contributed by atoms with Crippen molar-refractivity contribution in [1.29, 1.82) is 0 Å². The van der Waals surface area contributed by atoms with Crippen molar-refractivity contribution in [3.05, 3.63) is 35.1 Å². The number of ketones is 1. The Morgan fingerprint density at radius 2 is 1.79 bits per heavy atom. The van der Waals surface area contributed by atoms with Crippen LogP contribution in [-0.4, -0.2) is 41.6 Å². The van der Waals surface area contributed by atoms with Gasteiger partial charge in [-0.1, -0.05) is 59.1 Å². The van der Waals surface area contributed by atoms with E-state index in [0.717, 1.165) is 44.9 Å². The lowest BCUT2D eigenvalue weighted by Gasteiger charge is -2.37. The van der Waals surface area contributed by atoms with Gasteiger partial charge in [0.1, 0.15) is 5.82 Å². The number of nitrogens with one attached hydrogen (secondary N) is 1. The zero-order valence-corrected chi connectivity index (χ0v) is 20.6. The summed E-state index contributed by atoms with van der Waals surface area (Å²) in [4.78, 5) is 40.3. The zero-order chi connectivity index (χ0) is 24.2. The number of halogens is 1. The second kappa shape index (κ2) is 10.8. The third-order valence-corrected chi connectivity index (χ3v) is 7.17. The summed E-state index contributed by atoms with van der Waals surface area (Å²) in [6, 6.07) is 4.36. The predicted octanol–water partition coefficient (Wildman–Crippen LogP) is 5.24. The predicted molar refractivity (Wildman–Crippen MR) is 128 cm³/mol. The number of carbonyl (C=O) groups is 3. The van der Waals surface area contributed by atoms with Crippen LogP contribution in [0.15, 0.2) is 18.2 Å². The Morgan fingerprint density at radius 1 is 1.09 bits per heavy atom. The molecule has 0 aromatic heterocycles. The Labute approximate surface area is 197 Å². The number of likely N-dealkylation sites (tertiary alicyclic amines) is 1. The first-order valence-electron chi connectivity index (χ1n) is 12.5. The standard InChI is InChI=1S/C27H39FN2O3/c1-5-22(31)24(18-11-7-6-8-12-18)29-25(32)21-15-9-14-20(23(21)28)19-13-10-16-30(17-19)26(33)27(2,3)4/h9,14-15,18-19,24H,5-8,10-13,16-17H2,1-4H3,(H,29,32)/t19-,24-/m1/s1. The van der Waals surface area contributed by atoms with Crippen LogP contribution in [0.4, 0.5) is 4.39 Å². The van der Waals surface area contributed by atoms with Crippen molar-refractivity contribution in [1.82, 2.24) is 10.2 Å². The second-order valence-electron chi connectivity index (χ2n) is 10.7. The van der Waals surface area contributed by atoms with Crippen molar-refractivity contribution in [3.8, 4) is 0 Å². The Kier molecular flexibility index (Phi) is 8.30. The van der Waals surface area contributed by atoms with E-state index in [1.54, 1.807) is 19.1 Å². The first-order valence-corrected chi connectivity index (χ1v) is 12.5. The highest BCUT2D eigenvalue weighted by atomic mass is 19.1. The number of piperidine rings is 1. The maximum Gasteiger partial charge on any atom is 0.254 e. The molecule has 1 saturated carbocycles. The number of rotatable bonds is 6. The molecule has 1 aliphatic heterocycles. The molecular weight excluding hydrogens is 419 g/mol. The highest BCUT2D eigenvalue weighted by Crippen LogP contribution is 2.32. The van der Waals surface area contributed by atoms with Gasteiger partial charge >= 0.3 is 0 Å². The fourth-order valence-corrected chi connectivity index (χ4v) is 5.30. The molecule has 1 aromatic rings. The van der Waals surface area contributed by atoms with Crippen LogP contribution >= 0.6 is 0 Å². The summed E-state index contributed by atoms with van der Waals surface area (Å²) < 4.78 is 15.6. The molecule has 3 rings (SSSR count). The van der Waals surface area contributed by atoms with Crippen molar-refractivity contribution in [2.45, 2.75) is 91.0 Å². The molecular formula is C27H39FN2O3. The van der Waals surface area contributed by atoms with Gasteiger partial charge < -0.3 is 10.2 Å². The van der Waals surface area contributed by atoms with Crippen LogP contribution in [0.25, 0.3) is 0 Å². The molecule has 2 aliphatic rings. The summed E-state index contributed by atoms with van der Waals surface area (Å²) in [5.41, 5.74) is -0.0242. The Morgan fingerprint density at radius 3 is 2.42 bits per heavy atom. The van der Waals surface area contributed by atoms with E-state index in [4.69, 9.17) is 0 Å². The van der Waals surface area contributed by atoms with Gasteiger partial charge in [0, 0.05) is 30.8 Å². The van der Waals surface area contributed by atoms with Crippen molar-refractivity contribution in [2.24, 2.45) is 11.3 Å². The molecule has 1 aliphatic carbocycles. The van der Waals surface area contributed by atoms with Crippen LogP contribution in [0.2, 0.25) is 0 Å². The zero-order valence-electron chi connectivity index (χ0n) is 20.6. The number of benzene rings is 1. The first-order chi connectivity index (χ1) is 15.6. The minimum Gasteiger partial charge on any atom is -0.342 e. The maximum atomic E-state index is 15.6. The third-order valence-electron chi connectivity index (χ3n) is 7.17. The Bertz CT molecular complexity index is 871. The van der Waals surface area contributed by atoms with Gasteiger partial charge in [0.25, 0.3) is 5.91 Å². The SMILES string of the molecule is CCC(=O)[C@H](NC(=O)c1cccc([C@@H]2CCCN(C(=O)C(C)(C)C)C2)c1F)C1CCCCC1. The molecule has 0 spiro atoms. The molecule has 1 aromatic carbocycles. The van der Waals surface area contributed by atoms with Crippen LogP contribution in [0.3, 0.4) is 0 Å². The quantitative estimate of drug-likeness (QED) is 0.634. The van der Waals surface area contributed by atoms with Gasteiger partial charge in [-0.2, -0.15) is 0 Å². The summed E-state index contributed by atoms with van der Waals surface area (Å²) in [6.07, 6.45) is 7.03. The van der Waals surface area contributed by atoms with E-state index in [9.17, 15) is 14.4 Å². The average Bonchev–Trinajstić information content (AvgIpc) is 2.81. The van der Waals surface area contributed by atoms with E-state index in [1.807, 2.05) is 25.7 Å². The third kappa shape index (κ3) is 6.01. The summed E-state index contributed by atoms with van der Waals surface area (Å²) in [7, 11) is 0. The van der Waals surface area contributed by atoms with Gasteiger partial charge in [0.2, 0.25) is 5.91 Å². The molecule has 0 radical (unpaired) electrons. The number of carbonyl (C=O) groups excluding carboxylic acids is 3. The molecule has 0 bridgehead atoms. The number of nitrogens with zero attached hydrogens (tertiary/aromatic N) is 1. The van der Waals surface area contributed by atoms with Crippen molar-refractivity contribution in [3.63, 3.8) is 0 Å². The van der Waals surface area contributed by atoms with E-state index in [-0.39, 0.29) is 29.1 Å². The van der Waals surface area contributed by atoms with Gasteiger partial charge in [-0.3, -0.25) is 14.4 Å². The Balaban J connectivity index is 1.79. The minimum atomic E-state index is -0.555. The average molecular weight is 459 g/mol. The van der Waals surface area contributed by atoms with Crippen LogP contribution < -0.4 is 5.32 Å². The van der Waals surface area contributed by atoms with Crippen LogP contribution in [0, 0.1) is 17.2 Å². The molecule has 1 heterocycles. The topological polar surface area (TPSA) is 66.5 Å². The summed E-state index contributed by atoms with van der Waals surface area (Å²) in [5, 5.41) is 2.88. The summed E-state index contributed by atoms with van der Waals surface area (Å²) >= 11 is 0. The normalized spacial score (nSPS) is 20.9.